The van der Waals surface area contributed by atoms with E-state index in [0.29, 0.717) is 23.6 Å². The molecular weight excluding hydrogens is 378 g/mol. The number of carbonyl (C=O) groups excluding carboxylic acids is 1. The maximum atomic E-state index is 12.5. The molecule has 140 valence electrons. The standard InChI is InChI=1S/C16H19N3O5S2/c1-23-14-5-11-3-4-19(8-12(11)6-15(14)24-2)26(21,22)18-16(20)7-13-9-25-10-17-13/h5-6,9-10H,3-4,7-8H2,1-2H3,(H,18,20). The molecule has 1 aromatic carbocycles. The lowest BCUT2D eigenvalue weighted by Gasteiger charge is -2.28. The predicted molar refractivity (Wildman–Crippen MR) is 96.5 cm³/mol. The minimum absolute atomic E-state index is 0.0713. The molecule has 0 saturated heterocycles. The van der Waals surface area contributed by atoms with E-state index in [4.69, 9.17) is 9.47 Å². The second-order valence-corrected chi connectivity index (χ2v) is 8.14. The van der Waals surface area contributed by atoms with E-state index in [0.717, 1.165) is 11.1 Å². The van der Waals surface area contributed by atoms with Crippen molar-refractivity contribution in [1.82, 2.24) is 14.0 Å². The Bertz CT molecular complexity index is 897. The molecule has 26 heavy (non-hydrogen) atoms. The van der Waals surface area contributed by atoms with Crippen molar-refractivity contribution in [2.45, 2.75) is 19.4 Å². The highest BCUT2D eigenvalue weighted by Gasteiger charge is 2.29. The van der Waals surface area contributed by atoms with Crippen LogP contribution >= 0.6 is 11.3 Å². The number of fused-ring (bicyclic) bond motifs is 1. The average molecular weight is 397 g/mol. The topological polar surface area (TPSA) is 97.8 Å². The second kappa shape index (κ2) is 7.60. The lowest BCUT2D eigenvalue weighted by atomic mass is 10.0. The summed E-state index contributed by atoms with van der Waals surface area (Å²) in [4.78, 5) is 16.0. The monoisotopic (exact) mass is 397 g/mol. The van der Waals surface area contributed by atoms with Crippen molar-refractivity contribution in [3.8, 4) is 11.5 Å². The molecule has 0 spiro atoms. The summed E-state index contributed by atoms with van der Waals surface area (Å²) in [6.07, 6.45) is 0.453. The molecule has 1 N–H and O–H groups in total. The maximum Gasteiger partial charge on any atom is 0.304 e. The van der Waals surface area contributed by atoms with Crippen LogP contribution < -0.4 is 14.2 Å². The molecule has 0 saturated carbocycles. The lowest BCUT2D eigenvalue weighted by Crippen LogP contribution is -2.46. The van der Waals surface area contributed by atoms with E-state index in [9.17, 15) is 13.2 Å². The Morgan fingerprint density at radius 2 is 1.96 bits per heavy atom. The smallest absolute Gasteiger partial charge is 0.304 e. The Kier molecular flexibility index (Phi) is 5.44. The lowest BCUT2D eigenvalue weighted by molar-refractivity contribution is -0.118. The van der Waals surface area contributed by atoms with E-state index in [2.05, 4.69) is 9.71 Å². The van der Waals surface area contributed by atoms with Gasteiger partial charge in [-0.1, -0.05) is 0 Å². The molecule has 1 aromatic heterocycles. The van der Waals surface area contributed by atoms with Gasteiger partial charge in [-0.3, -0.25) is 4.79 Å². The fourth-order valence-electron chi connectivity index (χ4n) is 2.80. The fourth-order valence-corrected chi connectivity index (χ4v) is 4.48. The molecule has 0 radical (unpaired) electrons. The van der Waals surface area contributed by atoms with Crippen LogP contribution in [0, 0.1) is 0 Å². The first-order chi connectivity index (χ1) is 12.4. The molecule has 2 heterocycles. The highest BCUT2D eigenvalue weighted by Crippen LogP contribution is 2.33. The van der Waals surface area contributed by atoms with E-state index >= 15 is 0 Å². The first-order valence-electron chi connectivity index (χ1n) is 7.84. The highest BCUT2D eigenvalue weighted by molar-refractivity contribution is 7.87. The average Bonchev–Trinajstić information content (AvgIpc) is 3.12. The molecule has 1 aliphatic rings. The van der Waals surface area contributed by atoms with Gasteiger partial charge in [-0.05, 0) is 29.7 Å². The quantitative estimate of drug-likeness (QED) is 0.785. The SMILES string of the molecule is COc1cc2c(cc1OC)CN(S(=O)(=O)NC(=O)Cc1cscn1)CC2. The summed E-state index contributed by atoms with van der Waals surface area (Å²) in [5.41, 5.74) is 3.97. The number of thiazole rings is 1. The van der Waals surface area contributed by atoms with E-state index in [1.54, 1.807) is 24.1 Å². The Morgan fingerprint density at radius 3 is 2.58 bits per heavy atom. The summed E-state index contributed by atoms with van der Waals surface area (Å²) in [5, 5.41) is 1.71. The Hall–Kier alpha value is -2.17. The summed E-state index contributed by atoms with van der Waals surface area (Å²) in [7, 11) is -0.841. The van der Waals surface area contributed by atoms with Gasteiger partial charge in [0, 0.05) is 18.5 Å². The highest BCUT2D eigenvalue weighted by atomic mass is 32.2. The van der Waals surface area contributed by atoms with Crippen LogP contribution in [0.15, 0.2) is 23.0 Å². The van der Waals surface area contributed by atoms with Crippen LogP contribution in [0.3, 0.4) is 0 Å². The summed E-state index contributed by atoms with van der Waals surface area (Å²) < 4.78 is 39.0. The van der Waals surface area contributed by atoms with Gasteiger partial charge in [-0.25, -0.2) is 9.71 Å². The Morgan fingerprint density at radius 1 is 1.27 bits per heavy atom. The summed E-state index contributed by atoms with van der Waals surface area (Å²) in [6.45, 7) is 0.441. The number of carbonyl (C=O) groups is 1. The van der Waals surface area contributed by atoms with Crippen LogP contribution in [0.4, 0.5) is 0 Å². The van der Waals surface area contributed by atoms with E-state index in [1.165, 1.54) is 22.8 Å². The number of benzene rings is 1. The first-order valence-corrected chi connectivity index (χ1v) is 10.2. The molecule has 3 rings (SSSR count). The van der Waals surface area contributed by atoms with Gasteiger partial charge >= 0.3 is 10.2 Å². The number of amides is 1. The molecule has 0 unspecified atom stereocenters. The van der Waals surface area contributed by atoms with Crippen LogP contribution in [0.1, 0.15) is 16.8 Å². The number of hydrogen-bond acceptors (Lipinski definition) is 7. The minimum atomic E-state index is -3.93. The van der Waals surface area contributed by atoms with E-state index in [-0.39, 0.29) is 19.5 Å². The number of nitrogens with zero attached hydrogens (tertiary/aromatic N) is 2. The van der Waals surface area contributed by atoms with Crippen molar-refractivity contribution in [2.75, 3.05) is 20.8 Å². The van der Waals surface area contributed by atoms with Gasteiger partial charge in [0.15, 0.2) is 11.5 Å². The summed E-state index contributed by atoms with van der Waals surface area (Å²) in [5.74, 6) is 0.547. The molecule has 0 fully saturated rings. The van der Waals surface area contributed by atoms with Crippen molar-refractivity contribution < 1.29 is 22.7 Å². The Balaban J connectivity index is 1.73. The van der Waals surface area contributed by atoms with E-state index < -0.39 is 16.1 Å². The minimum Gasteiger partial charge on any atom is -0.493 e. The zero-order valence-electron chi connectivity index (χ0n) is 14.4. The van der Waals surface area contributed by atoms with Crippen LogP contribution in [0.5, 0.6) is 11.5 Å². The van der Waals surface area contributed by atoms with Crippen LogP contribution in [-0.4, -0.2) is 44.4 Å². The van der Waals surface area contributed by atoms with Crippen molar-refractivity contribution in [1.29, 1.82) is 0 Å². The van der Waals surface area contributed by atoms with Gasteiger partial charge in [0.05, 0.1) is 31.8 Å². The number of ether oxygens (including phenoxy) is 2. The third-order valence-electron chi connectivity index (χ3n) is 4.09. The molecule has 1 amide bonds. The number of hydrogen-bond donors (Lipinski definition) is 1. The molecular formula is C16H19N3O5S2. The van der Waals surface area contributed by atoms with Crippen molar-refractivity contribution in [2.24, 2.45) is 0 Å². The number of nitrogens with one attached hydrogen (secondary N) is 1. The van der Waals surface area contributed by atoms with Gasteiger partial charge in [0.1, 0.15) is 0 Å². The third kappa shape index (κ3) is 3.97. The van der Waals surface area contributed by atoms with Crippen LogP contribution in [-0.2, 0) is 34.4 Å². The maximum absolute atomic E-state index is 12.5. The molecule has 0 aliphatic carbocycles. The second-order valence-electron chi connectivity index (χ2n) is 5.75. The molecule has 10 heteroatoms. The molecule has 2 aromatic rings. The predicted octanol–water partition coefficient (Wildman–Crippen LogP) is 1.12. The van der Waals surface area contributed by atoms with Gasteiger partial charge in [-0.2, -0.15) is 12.7 Å². The van der Waals surface area contributed by atoms with Gasteiger partial charge in [0.25, 0.3) is 0 Å². The molecule has 0 atom stereocenters. The number of rotatable bonds is 6. The summed E-state index contributed by atoms with van der Waals surface area (Å²) >= 11 is 1.35. The fraction of sp³-hybridized carbons (Fsp3) is 0.375. The third-order valence-corrected chi connectivity index (χ3v) is 6.20. The van der Waals surface area contributed by atoms with Crippen molar-refractivity contribution >= 4 is 27.5 Å². The van der Waals surface area contributed by atoms with E-state index in [1.807, 2.05) is 6.07 Å². The van der Waals surface area contributed by atoms with Gasteiger partial charge < -0.3 is 9.47 Å². The zero-order valence-corrected chi connectivity index (χ0v) is 16.0. The van der Waals surface area contributed by atoms with Gasteiger partial charge in [-0.15, -0.1) is 11.3 Å². The van der Waals surface area contributed by atoms with Crippen molar-refractivity contribution in [3.05, 3.63) is 39.8 Å². The normalized spacial score (nSPS) is 14.5. The zero-order chi connectivity index (χ0) is 18.7. The number of aromatic nitrogens is 1. The van der Waals surface area contributed by atoms with Crippen LogP contribution in [0.25, 0.3) is 0 Å². The molecule has 8 nitrogen and oxygen atoms in total. The molecule has 1 aliphatic heterocycles. The first kappa shape index (κ1) is 18.6. The van der Waals surface area contributed by atoms with Crippen LogP contribution in [0.2, 0.25) is 0 Å². The van der Waals surface area contributed by atoms with Gasteiger partial charge in [0.2, 0.25) is 5.91 Å². The molecule has 0 bridgehead atoms. The number of methoxy groups -OCH3 is 2. The largest absolute Gasteiger partial charge is 0.493 e. The van der Waals surface area contributed by atoms with Crippen molar-refractivity contribution in [3.63, 3.8) is 0 Å². The summed E-state index contributed by atoms with van der Waals surface area (Å²) in [6, 6.07) is 3.63. The Labute approximate surface area is 155 Å².